The molecular formula is C24H31N5O. The van der Waals surface area contributed by atoms with E-state index < -0.39 is 0 Å². The summed E-state index contributed by atoms with van der Waals surface area (Å²) in [6.45, 7) is 16.3. The van der Waals surface area contributed by atoms with E-state index in [0.717, 1.165) is 22.5 Å². The fourth-order valence-corrected chi connectivity index (χ4v) is 2.45. The molecule has 6 nitrogen and oxygen atoms in total. The zero-order valence-corrected chi connectivity index (χ0v) is 18.3. The zero-order valence-electron chi connectivity index (χ0n) is 18.3. The predicted molar refractivity (Wildman–Crippen MR) is 128 cm³/mol. The van der Waals surface area contributed by atoms with Crippen LogP contribution < -0.4 is 16.1 Å². The first-order valence-electron chi connectivity index (χ1n) is 9.51. The molecule has 30 heavy (non-hydrogen) atoms. The summed E-state index contributed by atoms with van der Waals surface area (Å²) in [5, 5.41) is 0. The maximum atomic E-state index is 6.02. The van der Waals surface area contributed by atoms with Crippen LogP contribution in [0.15, 0.2) is 84.0 Å². The van der Waals surface area contributed by atoms with E-state index in [0.29, 0.717) is 17.9 Å². The molecule has 1 heterocycles. The molecule has 6 heteroatoms. The van der Waals surface area contributed by atoms with Crippen molar-refractivity contribution < 1.29 is 4.74 Å². The van der Waals surface area contributed by atoms with E-state index in [-0.39, 0.29) is 5.82 Å². The van der Waals surface area contributed by atoms with Gasteiger partial charge in [0.15, 0.2) is 11.6 Å². The van der Waals surface area contributed by atoms with Gasteiger partial charge in [0.2, 0.25) is 5.62 Å². The molecule has 0 aliphatic carbocycles. The van der Waals surface area contributed by atoms with E-state index in [1.54, 1.807) is 25.6 Å². The zero-order chi connectivity index (χ0) is 22.5. The number of anilines is 1. The normalized spacial score (nSPS) is 12.1. The summed E-state index contributed by atoms with van der Waals surface area (Å²) in [4.78, 5) is 13.6. The van der Waals surface area contributed by atoms with Crippen LogP contribution in [0.5, 0.6) is 5.75 Å². The van der Waals surface area contributed by atoms with Crippen molar-refractivity contribution in [3.05, 3.63) is 85.2 Å². The molecule has 0 atom stereocenters. The number of aromatic nitrogens is 2. The quantitative estimate of drug-likeness (QED) is 0.389. The SMILES string of the molecule is C=C.C=C/C(=C\C)Cn1cc(OC)c(N)nc1=Nc1cc(N=C/C=C\C)ccc1C. The molecule has 0 aliphatic rings. The smallest absolute Gasteiger partial charge is 0.232 e. The number of benzene rings is 1. The minimum absolute atomic E-state index is 0.290. The molecule has 0 amide bonds. The van der Waals surface area contributed by atoms with Gasteiger partial charge in [-0.15, -0.1) is 13.2 Å². The summed E-state index contributed by atoms with van der Waals surface area (Å²) in [6.07, 6.45) is 11.2. The number of aliphatic imine (C=N–C) groups is 1. The number of ether oxygens (including phenoxy) is 1. The predicted octanol–water partition coefficient (Wildman–Crippen LogP) is 5.23. The Bertz CT molecular complexity index is 1010. The Kier molecular flexibility index (Phi) is 10.3. The second kappa shape index (κ2) is 12.7. The van der Waals surface area contributed by atoms with Crippen LogP contribution in [0.4, 0.5) is 17.2 Å². The topological polar surface area (TPSA) is 77.8 Å². The van der Waals surface area contributed by atoms with Crippen molar-refractivity contribution in [2.75, 3.05) is 12.8 Å². The first-order valence-corrected chi connectivity index (χ1v) is 9.51. The Morgan fingerprint density at radius 2 is 2.03 bits per heavy atom. The van der Waals surface area contributed by atoms with Crippen molar-refractivity contribution in [2.24, 2.45) is 9.98 Å². The minimum Gasteiger partial charge on any atom is -0.491 e. The lowest BCUT2D eigenvalue weighted by atomic mass is 10.2. The summed E-state index contributed by atoms with van der Waals surface area (Å²) >= 11 is 0. The van der Waals surface area contributed by atoms with Crippen LogP contribution in [0.3, 0.4) is 0 Å². The summed E-state index contributed by atoms with van der Waals surface area (Å²) in [5.41, 5.74) is 10.2. The third-order valence-corrected chi connectivity index (χ3v) is 4.12. The monoisotopic (exact) mass is 405 g/mol. The van der Waals surface area contributed by atoms with Gasteiger partial charge in [-0.3, -0.25) is 4.99 Å². The van der Waals surface area contributed by atoms with Crippen LogP contribution in [0.25, 0.3) is 0 Å². The highest BCUT2D eigenvalue weighted by atomic mass is 16.5. The van der Waals surface area contributed by atoms with Crippen LogP contribution in [0, 0.1) is 6.92 Å². The molecule has 2 rings (SSSR count). The molecule has 0 aliphatic heterocycles. The van der Waals surface area contributed by atoms with Crippen LogP contribution in [0.1, 0.15) is 19.4 Å². The number of hydrogen-bond donors (Lipinski definition) is 1. The van der Waals surface area contributed by atoms with E-state index in [4.69, 9.17) is 15.5 Å². The Morgan fingerprint density at radius 3 is 2.63 bits per heavy atom. The standard InChI is InChI=1S/C22H27N5O.C2H4/c1-6-9-12-24-18-11-10-16(4)19(13-18)25-22-26-21(23)20(28-5)15-27(22)14-17(7-2)8-3;1-2/h6-13,15H,2,14H2,1,3-5H3,(H2,23,25,26);1-2H2/b9-6-,17-8+,24-12?;. The van der Waals surface area contributed by atoms with Crippen molar-refractivity contribution in [1.82, 2.24) is 9.55 Å². The number of rotatable bonds is 7. The molecule has 2 N–H and O–H groups in total. The number of hydrogen-bond acceptors (Lipinski definition) is 5. The number of nitrogens with zero attached hydrogens (tertiary/aromatic N) is 4. The number of methoxy groups -OCH3 is 1. The van der Waals surface area contributed by atoms with Gasteiger partial charge >= 0.3 is 0 Å². The highest BCUT2D eigenvalue weighted by Crippen LogP contribution is 2.24. The molecule has 0 unspecified atom stereocenters. The molecular weight excluding hydrogens is 374 g/mol. The third kappa shape index (κ3) is 6.74. The summed E-state index contributed by atoms with van der Waals surface area (Å²) in [6, 6.07) is 5.86. The number of nitrogens with two attached hydrogens (primary N) is 1. The lowest BCUT2D eigenvalue weighted by Gasteiger charge is -2.12. The fraction of sp³-hybridized carbons (Fsp3) is 0.208. The van der Waals surface area contributed by atoms with Crippen LogP contribution in [-0.4, -0.2) is 22.9 Å². The Hall–Kier alpha value is -3.67. The van der Waals surface area contributed by atoms with Gasteiger partial charge in [0, 0.05) is 6.21 Å². The second-order valence-corrected chi connectivity index (χ2v) is 6.08. The van der Waals surface area contributed by atoms with Gasteiger partial charge in [-0.2, -0.15) is 4.98 Å². The van der Waals surface area contributed by atoms with Gasteiger partial charge in [0.1, 0.15) is 0 Å². The van der Waals surface area contributed by atoms with Crippen molar-refractivity contribution in [3.8, 4) is 5.75 Å². The van der Waals surface area contributed by atoms with E-state index in [9.17, 15) is 0 Å². The van der Waals surface area contributed by atoms with E-state index in [1.807, 2.05) is 61.8 Å². The maximum Gasteiger partial charge on any atom is 0.232 e. The maximum absolute atomic E-state index is 6.02. The molecule has 0 bridgehead atoms. The van der Waals surface area contributed by atoms with Gasteiger partial charge in [0.25, 0.3) is 0 Å². The van der Waals surface area contributed by atoms with Crippen molar-refractivity contribution >= 4 is 23.4 Å². The fourth-order valence-electron chi connectivity index (χ4n) is 2.45. The average Bonchev–Trinajstić information content (AvgIpc) is 2.77. The summed E-state index contributed by atoms with van der Waals surface area (Å²) in [5.74, 6) is 0.790. The van der Waals surface area contributed by atoms with E-state index in [1.165, 1.54) is 0 Å². The molecule has 0 radical (unpaired) electrons. The molecule has 1 aromatic heterocycles. The molecule has 158 valence electrons. The van der Waals surface area contributed by atoms with Crippen molar-refractivity contribution in [2.45, 2.75) is 27.3 Å². The van der Waals surface area contributed by atoms with Gasteiger partial charge in [-0.25, -0.2) is 4.99 Å². The van der Waals surface area contributed by atoms with Crippen molar-refractivity contribution in [1.29, 1.82) is 0 Å². The highest BCUT2D eigenvalue weighted by molar-refractivity contribution is 5.75. The van der Waals surface area contributed by atoms with Gasteiger partial charge in [-0.05, 0) is 50.1 Å². The highest BCUT2D eigenvalue weighted by Gasteiger charge is 2.07. The van der Waals surface area contributed by atoms with Crippen molar-refractivity contribution in [3.63, 3.8) is 0 Å². The van der Waals surface area contributed by atoms with Gasteiger partial charge in [-0.1, -0.05) is 30.9 Å². The number of allylic oxidation sites excluding steroid dienone is 5. The van der Waals surface area contributed by atoms with E-state index in [2.05, 4.69) is 29.7 Å². The second-order valence-electron chi connectivity index (χ2n) is 6.08. The largest absolute Gasteiger partial charge is 0.491 e. The minimum atomic E-state index is 0.290. The van der Waals surface area contributed by atoms with Gasteiger partial charge < -0.3 is 15.0 Å². The summed E-state index contributed by atoms with van der Waals surface area (Å²) in [7, 11) is 1.56. The average molecular weight is 406 g/mol. The molecule has 0 saturated carbocycles. The van der Waals surface area contributed by atoms with Gasteiger partial charge in [0.05, 0.1) is 31.2 Å². The third-order valence-electron chi connectivity index (χ3n) is 4.12. The lowest BCUT2D eigenvalue weighted by molar-refractivity contribution is 0.408. The van der Waals surface area contributed by atoms with E-state index >= 15 is 0 Å². The lowest BCUT2D eigenvalue weighted by Crippen LogP contribution is -2.26. The first kappa shape index (κ1) is 24.4. The Morgan fingerprint density at radius 1 is 1.30 bits per heavy atom. The first-order chi connectivity index (χ1) is 14.5. The molecule has 0 fully saturated rings. The van der Waals surface area contributed by atoms with Crippen LogP contribution in [0.2, 0.25) is 0 Å². The molecule has 0 spiro atoms. The van der Waals surface area contributed by atoms with Crippen LogP contribution >= 0.6 is 0 Å². The molecule has 0 saturated heterocycles. The number of nitrogen functional groups attached to an aromatic ring is 1. The Labute approximate surface area is 179 Å². The summed E-state index contributed by atoms with van der Waals surface area (Å²) < 4.78 is 7.21. The number of aryl methyl sites for hydroxylation is 1. The molecule has 1 aromatic carbocycles. The Balaban J connectivity index is 0.00000218. The van der Waals surface area contributed by atoms with Crippen LogP contribution in [-0.2, 0) is 6.54 Å². The molecule has 2 aromatic rings.